The van der Waals surface area contributed by atoms with Gasteiger partial charge in [-0.25, -0.2) is 14.4 Å². The molecule has 0 unspecified atom stereocenters. The Morgan fingerprint density at radius 2 is 2.12 bits per heavy atom. The van der Waals surface area contributed by atoms with Crippen LogP contribution in [0.2, 0.25) is 0 Å². The summed E-state index contributed by atoms with van der Waals surface area (Å²) in [6.45, 7) is 1.88. The third kappa shape index (κ3) is 3.00. The summed E-state index contributed by atoms with van der Waals surface area (Å²) in [5.74, 6) is 0.930. The predicted molar refractivity (Wildman–Crippen MR) is 98.5 cm³/mol. The molecule has 0 radical (unpaired) electrons. The number of nitrogens with one attached hydrogen (secondary N) is 2. The van der Waals surface area contributed by atoms with E-state index in [9.17, 15) is 9.65 Å². The number of pyridine rings is 2. The van der Waals surface area contributed by atoms with E-state index < -0.39 is 0 Å². The first-order chi connectivity index (χ1) is 12.5. The Labute approximate surface area is 150 Å². The maximum absolute atomic E-state index is 13.6. The summed E-state index contributed by atoms with van der Waals surface area (Å²) >= 11 is 0. The van der Waals surface area contributed by atoms with E-state index in [-0.39, 0.29) is 11.5 Å². The van der Waals surface area contributed by atoms with Crippen LogP contribution in [0.15, 0.2) is 36.5 Å². The fourth-order valence-electron chi connectivity index (χ4n) is 2.92. The van der Waals surface area contributed by atoms with Gasteiger partial charge in [0.05, 0.1) is 5.69 Å². The lowest BCUT2D eigenvalue weighted by Gasteiger charge is -2.10. The predicted octanol–water partition coefficient (Wildman–Crippen LogP) is 4.42. The summed E-state index contributed by atoms with van der Waals surface area (Å²) in [6, 6.07) is 10.2. The van der Waals surface area contributed by atoms with Gasteiger partial charge < -0.3 is 5.32 Å². The van der Waals surface area contributed by atoms with Gasteiger partial charge in [0, 0.05) is 28.5 Å². The van der Waals surface area contributed by atoms with Gasteiger partial charge in [-0.3, -0.25) is 5.41 Å². The summed E-state index contributed by atoms with van der Waals surface area (Å²) in [7, 11) is 0. The third-order valence-electron chi connectivity index (χ3n) is 4.54. The zero-order valence-corrected chi connectivity index (χ0v) is 14.2. The maximum atomic E-state index is 13.6. The van der Waals surface area contributed by atoms with Gasteiger partial charge in [0.2, 0.25) is 0 Å². The summed E-state index contributed by atoms with van der Waals surface area (Å²) in [5, 5.41) is 21.9. The molecule has 26 heavy (non-hydrogen) atoms. The maximum Gasteiger partial charge on any atom is 0.149 e. The van der Waals surface area contributed by atoms with Crippen LogP contribution in [0.25, 0.3) is 22.0 Å². The molecule has 3 aromatic rings. The Hall–Kier alpha value is -3.33. The Bertz CT molecular complexity index is 1080. The molecule has 1 saturated carbocycles. The van der Waals surface area contributed by atoms with E-state index in [2.05, 4.69) is 21.4 Å². The molecule has 6 heteroatoms. The quantitative estimate of drug-likeness (QED) is 0.544. The fourth-order valence-corrected chi connectivity index (χ4v) is 2.92. The summed E-state index contributed by atoms with van der Waals surface area (Å²) in [6.07, 6.45) is 3.71. The van der Waals surface area contributed by atoms with Crippen molar-refractivity contribution in [1.29, 1.82) is 10.7 Å². The van der Waals surface area contributed by atoms with E-state index in [1.165, 1.54) is 12.1 Å². The van der Waals surface area contributed by atoms with E-state index in [1.54, 1.807) is 24.4 Å². The number of anilines is 1. The number of nitriles is 1. The van der Waals surface area contributed by atoms with Crippen LogP contribution in [0.1, 0.15) is 24.1 Å². The second kappa shape index (κ2) is 6.19. The topological polar surface area (TPSA) is 85.5 Å². The lowest BCUT2D eigenvalue weighted by atomic mass is 10.0. The number of fused-ring (bicyclic) bond motifs is 1. The van der Waals surface area contributed by atoms with E-state index in [1.807, 2.05) is 6.92 Å². The molecule has 0 aliphatic heterocycles. The van der Waals surface area contributed by atoms with Gasteiger partial charge >= 0.3 is 0 Å². The Balaban J connectivity index is 1.80. The van der Waals surface area contributed by atoms with Gasteiger partial charge in [0.1, 0.15) is 29.2 Å². The first kappa shape index (κ1) is 16.2. The van der Waals surface area contributed by atoms with Gasteiger partial charge in [-0.15, -0.1) is 0 Å². The molecule has 1 aromatic carbocycles. The van der Waals surface area contributed by atoms with Crippen LogP contribution in [0.5, 0.6) is 0 Å². The molecular weight excluding hydrogens is 329 g/mol. The molecule has 0 bridgehead atoms. The van der Waals surface area contributed by atoms with Crippen molar-refractivity contribution in [2.45, 2.75) is 19.8 Å². The monoisotopic (exact) mass is 345 g/mol. The molecule has 0 spiro atoms. The smallest absolute Gasteiger partial charge is 0.149 e. The van der Waals surface area contributed by atoms with Gasteiger partial charge in [-0.2, -0.15) is 5.26 Å². The van der Waals surface area contributed by atoms with Crippen LogP contribution in [-0.2, 0) is 0 Å². The standard InChI is InChI=1S/C20H16FN5/c1-11-2-5-14(21)7-15(11)17-6-13-10-24-19(26-20(23)12-3-4-12)8-16(13)18(9-22)25-17/h2,5-8,10,12H,3-4H2,1H3,(H2,23,24,26). The number of amidine groups is 1. The highest BCUT2D eigenvalue weighted by atomic mass is 19.1. The molecular formula is C20H16FN5. The largest absolute Gasteiger partial charge is 0.329 e. The summed E-state index contributed by atoms with van der Waals surface area (Å²) in [5.41, 5.74) is 2.33. The number of benzene rings is 1. The Morgan fingerprint density at radius 3 is 2.85 bits per heavy atom. The number of rotatable bonds is 3. The first-order valence-corrected chi connectivity index (χ1v) is 8.38. The molecule has 1 aliphatic rings. The normalized spacial score (nSPS) is 13.4. The number of aryl methyl sites for hydroxylation is 1. The number of halogens is 1. The second-order valence-electron chi connectivity index (χ2n) is 6.53. The molecule has 5 nitrogen and oxygen atoms in total. The summed E-state index contributed by atoms with van der Waals surface area (Å²) < 4.78 is 13.6. The highest BCUT2D eigenvalue weighted by molar-refractivity contribution is 5.98. The Kier molecular flexibility index (Phi) is 3.85. The SMILES string of the molecule is Cc1ccc(F)cc1-c1cc2cnc(NC(=N)C3CC3)cc2c(C#N)n1. The molecule has 1 fully saturated rings. The summed E-state index contributed by atoms with van der Waals surface area (Å²) in [4.78, 5) is 8.77. The zero-order valence-electron chi connectivity index (χ0n) is 14.2. The molecule has 0 saturated heterocycles. The van der Waals surface area contributed by atoms with Crippen molar-refractivity contribution in [2.24, 2.45) is 5.92 Å². The van der Waals surface area contributed by atoms with Crippen LogP contribution in [0.3, 0.4) is 0 Å². The fraction of sp³-hybridized carbons (Fsp3) is 0.200. The average molecular weight is 345 g/mol. The van der Waals surface area contributed by atoms with Crippen molar-refractivity contribution in [2.75, 3.05) is 5.32 Å². The van der Waals surface area contributed by atoms with Gasteiger partial charge in [0.25, 0.3) is 0 Å². The molecule has 4 rings (SSSR count). The van der Waals surface area contributed by atoms with Crippen molar-refractivity contribution in [1.82, 2.24) is 9.97 Å². The molecule has 0 atom stereocenters. The highest BCUT2D eigenvalue weighted by Crippen LogP contribution is 2.31. The number of hydrogen-bond donors (Lipinski definition) is 2. The van der Waals surface area contributed by atoms with E-state index >= 15 is 0 Å². The minimum absolute atomic E-state index is 0.254. The third-order valence-corrected chi connectivity index (χ3v) is 4.54. The van der Waals surface area contributed by atoms with Crippen LogP contribution in [0.4, 0.5) is 10.2 Å². The average Bonchev–Trinajstić information content (AvgIpc) is 3.48. The van der Waals surface area contributed by atoms with Crippen LogP contribution >= 0.6 is 0 Å². The number of hydrogen-bond acceptors (Lipinski definition) is 4. The van der Waals surface area contributed by atoms with Crippen molar-refractivity contribution in [3.05, 3.63) is 53.6 Å². The minimum Gasteiger partial charge on any atom is -0.329 e. The van der Waals surface area contributed by atoms with Crippen molar-refractivity contribution >= 4 is 22.4 Å². The second-order valence-corrected chi connectivity index (χ2v) is 6.53. The molecule has 1 aliphatic carbocycles. The van der Waals surface area contributed by atoms with Gasteiger partial charge in [-0.05, 0) is 49.6 Å². The van der Waals surface area contributed by atoms with E-state index in [0.717, 1.165) is 23.8 Å². The van der Waals surface area contributed by atoms with Crippen LogP contribution in [-0.4, -0.2) is 15.8 Å². The highest BCUT2D eigenvalue weighted by Gasteiger charge is 2.26. The molecule has 128 valence electrons. The molecule has 2 heterocycles. The lowest BCUT2D eigenvalue weighted by molar-refractivity contribution is 0.628. The number of nitrogens with zero attached hydrogens (tertiary/aromatic N) is 3. The Morgan fingerprint density at radius 1 is 1.31 bits per heavy atom. The van der Waals surface area contributed by atoms with Crippen LogP contribution in [0, 0.1) is 35.4 Å². The lowest BCUT2D eigenvalue weighted by Crippen LogP contribution is -2.13. The van der Waals surface area contributed by atoms with E-state index in [4.69, 9.17) is 5.41 Å². The molecule has 2 aromatic heterocycles. The minimum atomic E-state index is -0.345. The van der Waals surface area contributed by atoms with Crippen molar-refractivity contribution < 1.29 is 4.39 Å². The number of aromatic nitrogens is 2. The van der Waals surface area contributed by atoms with Crippen LogP contribution < -0.4 is 5.32 Å². The molecule has 0 amide bonds. The van der Waals surface area contributed by atoms with Gasteiger partial charge in [-0.1, -0.05) is 6.07 Å². The van der Waals surface area contributed by atoms with Crippen molar-refractivity contribution in [3.8, 4) is 17.3 Å². The van der Waals surface area contributed by atoms with E-state index in [0.29, 0.717) is 34.2 Å². The van der Waals surface area contributed by atoms with Crippen molar-refractivity contribution in [3.63, 3.8) is 0 Å². The zero-order chi connectivity index (χ0) is 18.3. The first-order valence-electron chi connectivity index (χ1n) is 8.38. The molecule has 2 N–H and O–H groups in total. The van der Waals surface area contributed by atoms with Gasteiger partial charge in [0.15, 0.2) is 0 Å².